The van der Waals surface area contributed by atoms with E-state index in [1.165, 1.54) is 25.7 Å². The molecule has 56 heavy (non-hydrogen) atoms. The molecule has 0 saturated heterocycles. The maximum absolute atomic E-state index is 6.11. The number of nitrogens with zero attached hydrogens (tertiary/aromatic N) is 2. The average Bonchev–Trinajstić information content (AvgIpc) is 3.84. The lowest BCUT2D eigenvalue weighted by molar-refractivity contribution is 0.669. The predicted molar refractivity (Wildman–Crippen MR) is 235 cm³/mol. The number of aromatic nitrogens is 2. The van der Waals surface area contributed by atoms with E-state index >= 15 is 0 Å². The van der Waals surface area contributed by atoms with E-state index in [1.54, 1.807) is 0 Å². The fourth-order valence-corrected chi connectivity index (χ4v) is 8.93. The summed E-state index contributed by atoms with van der Waals surface area (Å²) in [5.74, 6) is 0.701. The Balaban J connectivity index is 1.07. The molecular formula is C52H32N2OS. The second kappa shape index (κ2) is 13.3. The highest BCUT2D eigenvalue weighted by atomic mass is 32.1. The van der Waals surface area contributed by atoms with Crippen LogP contribution >= 0.6 is 11.3 Å². The molecule has 4 heteroatoms. The summed E-state index contributed by atoms with van der Waals surface area (Å²) < 4.78 is 8.71. The molecule has 0 saturated carbocycles. The molecule has 0 aliphatic rings. The summed E-state index contributed by atoms with van der Waals surface area (Å²) in [5.41, 5.74) is 13.5. The lowest BCUT2D eigenvalue weighted by Crippen LogP contribution is -1.96. The van der Waals surface area contributed by atoms with Crippen LogP contribution in [0.3, 0.4) is 0 Å². The highest BCUT2D eigenvalue weighted by Gasteiger charge is 2.15. The first-order valence-electron chi connectivity index (χ1n) is 18.8. The summed E-state index contributed by atoms with van der Waals surface area (Å²) in [6.07, 6.45) is 0. The van der Waals surface area contributed by atoms with Crippen LogP contribution in [-0.2, 0) is 0 Å². The van der Waals surface area contributed by atoms with Crippen LogP contribution in [0.1, 0.15) is 0 Å². The van der Waals surface area contributed by atoms with Crippen molar-refractivity contribution in [1.29, 1.82) is 0 Å². The maximum Gasteiger partial charge on any atom is 0.160 e. The minimum absolute atomic E-state index is 0.701. The topological polar surface area (TPSA) is 38.9 Å². The molecule has 0 unspecified atom stereocenters. The third kappa shape index (κ3) is 5.76. The highest BCUT2D eigenvalue weighted by molar-refractivity contribution is 7.25. The maximum atomic E-state index is 6.11. The lowest BCUT2D eigenvalue weighted by Gasteiger charge is -2.14. The summed E-state index contributed by atoms with van der Waals surface area (Å²) in [4.78, 5) is 10.3. The molecule has 0 bridgehead atoms. The number of rotatable bonds is 6. The summed E-state index contributed by atoms with van der Waals surface area (Å²) in [5, 5.41) is 4.83. The van der Waals surface area contributed by atoms with E-state index in [1.807, 2.05) is 47.7 Å². The quantitative estimate of drug-likeness (QED) is 0.171. The van der Waals surface area contributed by atoms with Gasteiger partial charge in [0.15, 0.2) is 5.82 Å². The number of furan rings is 1. The van der Waals surface area contributed by atoms with E-state index in [2.05, 4.69) is 158 Å². The third-order valence-corrected chi connectivity index (χ3v) is 11.8. The van der Waals surface area contributed by atoms with E-state index in [9.17, 15) is 0 Å². The Kier molecular flexibility index (Phi) is 7.68. The van der Waals surface area contributed by atoms with Crippen molar-refractivity contribution in [3.05, 3.63) is 194 Å². The van der Waals surface area contributed by atoms with Gasteiger partial charge in [0.25, 0.3) is 0 Å². The van der Waals surface area contributed by atoms with E-state index in [4.69, 9.17) is 14.4 Å². The van der Waals surface area contributed by atoms with Crippen LogP contribution in [0, 0.1) is 0 Å². The molecule has 11 aromatic rings. The summed E-state index contributed by atoms with van der Waals surface area (Å²) in [7, 11) is 0. The molecule has 3 aromatic heterocycles. The van der Waals surface area contributed by atoms with Crippen molar-refractivity contribution in [3.8, 4) is 67.3 Å². The van der Waals surface area contributed by atoms with Gasteiger partial charge in [-0.25, -0.2) is 9.97 Å². The fraction of sp³-hybridized carbons (Fsp3) is 0. The summed E-state index contributed by atoms with van der Waals surface area (Å²) in [6, 6.07) is 68.8. The number of fused-ring (bicyclic) bond motifs is 6. The largest absolute Gasteiger partial charge is 0.456 e. The first kappa shape index (κ1) is 32.3. The minimum Gasteiger partial charge on any atom is -0.456 e. The Morgan fingerprint density at radius 1 is 0.304 bits per heavy atom. The molecule has 0 fully saturated rings. The standard InChI is InChI=1S/C52H32N2OS/c1-3-11-35(12-4-1)46-32-47(54-52(53-46)36-13-5-2-6-14-36)41-28-39(27-40(29-41)38-24-26-51-45(31-38)43-16-8-10-18-50(43)56-51)34-21-19-33(20-22-34)37-23-25-49-44(30-37)42-15-7-9-17-48(42)55-49/h1-32H. The van der Waals surface area contributed by atoms with Crippen LogP contribution in [0.2, 0.25) is 0 Å². The molecular weight excluding hydrogens is 701 g/mol. The zero-order chi connectivity index (χ0) is 37.0. The third-order valence-electron chi connectivity index (χ3n) is 10.7. The van der Waals surface area contributed by atoms with Crippen LogP contribution in [0.4, 0.5) is 0 Å². The molecule has 0 amide bonds. The molecule has 8 aromatic carbocycles. The Hall–Kier alpha value is -7.14. The van der Waals surface area contributed by atoms with E-state index in [0.717, 1.165) is 77.8 Å². The predicted octanol–water partition coefficient (Wildman–Crippen LogP) is 14.7. The SMILES string of the molecule is c1ccc(-c2cc(-c3cc(-c4ccc(-c5ccc6oc7ccccc7c6c5)cc4)cc(-c4ccc5sc6ccccc6c5c4)c3)nc(-c3ccccc3)n2)cc1. The number of para-hydroxylation sites is 1. The average molecular weight is 733 g/mol. The van der Waals surface area contributed by atoms with Crippen LogP contribution in [0.25, 0.3) is 109 Å². The Morgan fingerprint density at radius 3 is 1.61 bits per heavy atom. The van der Waals surface area contributed by atoms with E-state index in [-0.39, 0.29) is 0 Å². The van der Waals surface area contributed by atoms with Crippen LogP contribution < -0.4 is 0 Å². The van der Waals surface area contributed by atoms with Gasteiger partial charge in [-0.15, -0.1) is 11.3 Å². The molecule has 11 rings (SSSR count). The van der Waals surface area contributed by atoms with E-state index < -0.39 is 0 Å². The number of thiophene rings is 1. The van der Waals surface area contributed by atoms with Gasteiger partial charge in [-0.2, -0.15) is 0 Å². The molecule has 262 valence electrons. The van der Waals surface area contributed by atoms with Gasteiger partial charge in [-0.05, 0) is 94.0 Å². The molecule has 0 spiro atoms. The number of benzene rings is 8. The number of hydrogen-bond acceptors (Lipinski definition) is 4. The van der Waals surface area contributed by atoms with Gasteiger partial charge in [0, 0.05) is 47.6 Å². The molecule has 0 radical (unpaired) electrons. The molecule has 0 aliphatic carbocycles. The monoisotopic (exact) mass is 732 g/mol. The normalized spacial score (nSPS) is 11.6. The van der Waals surface area contributed by atoms with Crippen molar-refractivity contribution in [2.75, 3.05) is 0 Å². The second-order valence-corrected chi connectivity index (χ2v) is 15.3. The lowest BCUT2D eigenvalue weighted by atomic mass is 9.93. The minimum atomic E-state index is 0.701. The smallest absolute Gasteiger partial charge is 0.160 e. The number of hydrogen-bond donors (Lipinski definition) is 0. The molecule has 0 atom stereocenters. The molecule has 0 aliphatic heterocycles. The van der Waals surface area contributed by atoms with Crippen molar-refractivity contribution in [1.82, 2.24) is 9.97 Å². The van der Waals surface area contributed by atoms with Crippen LogP contribution in [0.5, 0.6) is 0 Å². The van der Waals surface area contributed by atoms with Crippen LogP contribution in [-0.4, -0.2) is 9.97 Å². The van der Waals surface area contributed by atoms with Crippen molar-refractivity contribution >= 4 is 53.4 Å². The van der Waals surface area contributed by atoms with Gasteiger partial charge >= 0.3 is 0 Å². The van der Waals surface area contributed by atoms with Crippen molar-refractivity contribution < 1.29 is 4.42 Å². The van der Waals surface area contributed by atoms with Gasteiger partial charge in [0.05, 0.1) is 11.4 Å². The first-order valence-corrected chi connectivity index (χ1v) is 19.6. The molecule has 3 nitrogen and oxygen atoms in total. The van der Waals surface area contributed by atoms with Crippen molar-refractivity contribution in [2.24, 2.45) is 0 Å². The van der Waals surface area contributed by atoms with Gasteiger partial charge in [-0.1, -0.05) is 133 Å². The van der Waals surface area contributed by atoms with Crippen molar-refractivity contribution in [3.63, 3.8) is 0 Å². The van der Waals surface area contributed by atoms with E-state index in [0.29, 0.717) is 5.82 Å². The zero-order valence-corrected chi connectivity index (χ0v) is 31.0. The fourth-order valence-electron chi connectivity index (χ4n) is 7.84. The van der Waals surface area contributed by atoms with Gasteiger partial charge in [0.2, 0.25) is 0 Å². The second-order valence-electron chi connectivity index (χ2n) is 14.2. The Morgan fingerprint density at radius 2 is 0.821 bits per heavy atom. The van der Waals surface area contributed by atoms with Gasteiger partial charge in [0.1, 0.15) is 11.2 Å². The first-order chi connectivity index (χ1) is 27.7. The molecule has 3 heterocycles. The Labute approximate surface area is 327 Å². The summed E-state index contributed by atoms with van der Waals surface area (Å²) in [6.45, 7) is 0. The zero-order valence-electron chi connectivity index (χ0n) is 30.2. The van der Waals surface area contributed by atoms with Crippen LogP contribution in [0.15, 0.2) is 199 Å². The highest BCUT2D eigenvalue weighted by Crippen LogP contribution is 2.40. The molecule has 0 N–H and O–H groups in total. The van der Waals surface area contributed by atoms with Gasteiger partial charge < -0.3 is 4.42 Å². The summed E-state index contributed by atoms with van der Waals surface area (Å²) >= 11 is 1.84. The van der Waals surface area contributed by atoms with Crippen molar-refractivity contribution in [2.45, 2.75) is 0 Å². The Bertz CT molecular complexity index is 3180. The van der Waals surface area contributed by atoms with Gasteiger partial charge in [-0.3, -0.25) is 0 Å².